The molecule has 0 bridgehead atoms. The van der Waals surface area contributed by atoms with Gasteiger partial charge in [-0.2, -0.15) is 0 Å². The quantitative estimate of drug-likeness (QED) is 0.453. The third-order valence-electron chi connectivity index (χ3n) is 4.65. The number of sulfonamides is 1. The van der Waals surface area contributed by atoms with E-state index < -0.39 is 22.0 Å². The molecule has 0 unspecified atom stereocenters. The Morgan fingerprint density at radius 1 is 1.09 bits per heavy atom. The molecular weight excluding hydrogens is 452 g/mol. The van der Waals surface area contributed by atoms with E-state index in [0.29, 0.717) is 29.0 Å². The van der Waals surface area contributed by atoms with Gasteiger partial charge in [-0.15, -0.1) is 10.2 Å². The molecule has 1 atom stereocenters. The van der Waals surface area contributed by atoms with Crippen LogP contribution in [0.15, 0.2) is 46.8 Å². The SMILES string of the molecule is CC[C@@H](NS(=O)(=O)c1nnc(NC(=O)c2cccc(C)c2)s1)c1ccc(OC)c(OC)c1. The summed E-state index contributed by atoms with van der Waals surface area (Å²) in [6, 6.07) is 11.7. The number of hydrogen-bond acceptors (Lipinski definition) is 8. The fourth-order valence-corrected chi connectivity index (χ4v) is 5.24. The van der Waals surface area contributed by atoms with Crippen LogP contribution in [-0.4, -0.2) is 38.7 Å². The molecule has 0 aliphatic carbocycles. The first-order valence-electron chi connectivity index (χ1n) is 9.73. The number of rotatable bonds is 9. The minimum Gasteiger partial charge on any atom is -0.493 e. The molecule has 1 amide bonds. The highest BCUT2D eigenvalue weighted by atomic mass is 32.2. The Hall–Kier alpha value is -3.02. The molecule has 0 saturated heterocycles. The third kappa shape index (κ3) is 5.42. The van der Waals surface area contributed by atoms with Crippen molar-refractivity contribution in [2.45, 2.75) is 30.6 Å². The van der Waals surface area contributed by atoms with Crippen LogP contribution in [-0.2, 0) is 10.0 Å². The first-order valence-corrected chi connectivity index (χ1v) is 12.0. The normalized spacial score (nSPS) is 12.2. The van der Waals surface area contributed by atoms with Gasteiger partial charge in [0, 0.05) is 11.6 Å². The average molecular weight is 477 g/mol. The van der Waals surface area contributed by atoms with Crippen LogP contribution < -0.4 is 19.5 Å². The van der Waals surface area contributed by atoms with E-state index in [1.165, 1.54) is 14.2 Å². The number of amides is 1. The van der Waals surface area contributed by atoms with E-state index in [-0.39, 0.29) is 9.47 Å². The van der Waals surface area contributed by atoms with Crippen molar-refractivity contribution in [2.24, 2.45) is 0 Å². The summed E-state index contributed by atoms with van der Waals surface area (Å²) >= 11 is 0.779. The molecule has 2 aromatic carbocycles. The minimum absolute atomic E-state index is 0.0936. The fraction of sp³-hybridized carbons (Fsp3) is 0.286. The number of ether oxygens (including phenoxy) is 2. The van der Waals surface area contributed by atoms with Crippen molar-refractivity contribution in [3.63, 3.8) is 0 Å². The summed E-state index contributed by atoms with van der Waals surface area (Å²) in [7, 11) is -0.925. The van der Waals surface area contributed by atoms with Gasteiger partial charge in [-0.25, -0.2) is 13.1 Å². The Morgan fingerprint density at radius 3 is 2.50 bits per heavy atom. The van der Waals surface area contributed by atoms with Crippen LogP contribution in [0, 0.1) is 6.92 Å². The Kier molecular flexibility index (Phi) is 7.44. The molecule has 3 rings (SSSR count). The molecule has 0 saturated carbocycles. The van der Waals surface area contributed by atoms with E-state index in [1.807, 2.05) is 19.9 Å². The summed E-state index contributed by atoms with van der Waals surface area (Å²) < 4.78 is 38.7. The lowest BCUT2D eigenvalue weighted by Crippen LogP contribution is -2.28. The number of carbonyl (C=O) groups excluding carboxylic acids is 1. The Morgan fingerprint density at radius 2 is 1.84 bits per heavy atom. The molecule has 1 aromatic heterocycles. The molecule has 2 N–H and O–H groups in total. The van der Waals surface area contributed by atoms with Crippen molar-refractivity contribution in [1.82, 2.24) is 14.9 Å². The zero-order valence-corrected chi connectivity index (χ0v) is 19.7. The maximum Gasteiger partial charge on any atom is 0.270 e. The number of nitrogens with zero attached hydrogens (tertiary/aromatic N) is 2. The van der Waals surface area contributed by atoms with Crippen LogP contribution in [0.5, 0.6) is 11.5 Å². The van der Waals surface area contributed by atoms with Gasteiger partial charge in [0.1, 0.15) is 0 Å². The first kappa shape index (κ1) is 23.6. The molecule has 0 radical (unpaired) electrons. The molecule has 0 aliphatic heterocycles. The van der Waals surface area contributed by atoms with E-state index in [1.54, 1.807) is 36.4 Å². The summed E-state index contributed by atoms with van der Waals surface area (Å²) in [6.45, 7) is 3.73. The summed E-state index contributed by atoms with van der Waals surface area (Å²) in [6.07, 6.45) is 0.491. The fourth-order valence-electron chi connectivity index (χ4n) is 3.02. The van der Waals surface area contributed by atoms with Gasteiger partial charge in [0.05, 0.1) is 14.2 Å². The van der Waals surface area contributed by atoms with Crippen molar-refractivity contribution < 1.29 is 22.7 Å². The van der Waals surface area contributed by atoms with Gasteiger partial charge >= 0.3 is 0 Å². The van der Waals surface area contributed by atoms with Gasteiger partial charge in [-0.05, 0) is 43.2 Å². The number of hydrogen-bond donors (Lipinski definition) is 2. The number of aromatic nitrogens is 2. The number of methoxy groups -OCH3 is 2. The van der Waals surface area contributed by atoms with E-state index in [2.05, 4.69) is 20.2 Å². The van der Waals surface area contributed by atoms with Crippen molar-refractivity contribution >= 4 is 32.4 Å². The standard InChI is InChI=1S/C21H24N4O5S2/c1-5-16(14-9-10-17(29-3)18(12-14)30-4)25-32(27,28)21-24-23-20(31-21)22-19(26)15-8-6-7-13(2)11-15/h6-12,16,25H,5H2,1-4H3,(H,22,23,26)/t16-/m1/s1. The number of nitrogens with one attached hydrogen (secondary N) is 2. The highest BCUT2D eigenvalue weighted by Gasteiger charge is 2.25. The predicted molar refractivity (Wildman–Crippen MR) is 122 cm³/mol. The highest BCUT2D eigenvalue weighted by Crippen LogP contribution is 2.32. The molecule has 0 spiro atoms. The topological polar surface area (TPSA) is 120 Å². The summed E-state index contributed by atoms with van der Waals surface area (Å²) in [4.78, 5) is 12.4. The zero-order valence-electron chi connectivity index (χ0n) is 18.1. The number of benzene rings is 2. The summed E-state index contributed by atoms with van der Waals surface area (Å²) in [5.74, 6) is 0.658. The predicted octanol–water partition coefficient (Wildman–Crippen LogP) is 3.55. The van der Waals surface area contributed by atoms with Gasteiger partial charge in [-0.3, -0.25) is 10.1 Å². The second kappa shape index (κ2) is 10.1. The van der Waals surface area contributed by atoms with E-state index >= 15 is 0 Å². The van der Waals surface area contributed by atoms with Crippen LogP contribution in [0.4, 0.5) is 5.13 Å². The van der Waals surface area contributed by atoms with Crippen LogP contribution in [0.2, 0.25) is 0 Å². The van der Waals surface area contributed by atoms with Gasteiger partial charge < -0.3 is 9.47 Å². The maximum atomic E-state index is 12.9. The van der Waals surface area contributed by atoms with Gasteiger partial charge in [-0.1, -0.05) is 42.0 Å². The van der Waals surface area contributed by atoms with Crippen LogP contribution >= 0.6 is 11.3 Å². The number of anilines is 1. The van der Waals surface area contributed by atoms with Crippen LogP contribution in [0.25, 0.3) is 0 Å². The van der Waals surface area contributed by atoms with Crippen LogP contribution in [0.1, 0.15) is 40.9 Å². The van der Waals surface area contributed by atoms with Gasteiger partial charge in [0.15, 0.2) is 11.5 Å². The lowest BCUT2D eigenvalue weighted by molar-refractivity contribution is 0.102. The van der Waals surface area contributed by atoms with Crippen LogP contribution in [0.3, 0.4) is 0 Å². The summed E-state index contributed by atoms with van der Waals surface area (Å²) in [5.41, 5.74) is 2.09. The van der Waals surface area contributed by atoms with E-state index in [4.69, 9.17) is 9.47 Å². The van der Waals surface area contributed by atoms with Crippen molar-refractivity contribution in [3.05, 3.63) is 59.2 Å². The highest BCUT2D eigenvalue weighted by molar-refractivity contribution is 7.91. The molecule has 3 aromatic rings. The van der Waals surface area contributed by atoms with Gasteiger partial charge in [0.25, 0.3) is 15.9 Å². The minimum atomic E-state index is -3.97. The smallest absolute Gasteiger partial charge is 0.270 e. The van der Waals surface area contributed by atoms with Crippen molar-refractivity contribution in [1.29, 1.82) is 0 Å². The third-order valence-corrected chi connectivity index (χ3v) is 7.33. The lowest BCUT2D eigenvalue weighted by atomic mass is 10.1. The molecule has 1 heterocycles. The molecule has 11 heteroatoms. The monoisotopic (exact) mass is 476 g/mol. The van der Waals surface area contributed by atoms with E-state index in [9.17, 15) is 13.2 Å². The largest absolute Gasteiger partial charge is 0.493 e. The number of aryl methyl sites for hydroxylation is 1. The molecule has 32 heavy (non-hydrogen) atoms. The second-order valence-corrected chi connectivity index (χ2v) is 9.76. The molecule has 0 fully saturated rings. The Labute approximate surface area is 190 Å². The molecule has 0 aliphatic rings. The maximum absolute atomic E-state index is 12.9. The Balaban J connectivity index is 1.76. The average Bonchev–Trinajstić information content (AvgIpc) is 3.26. The first-order chi connectivity index (χ1) is 15.3. The zero-order chi connectivity index (χ0) is 23.3. The van der Waals surface area contributed by atoms with Gasteiger partial charge in [0.2, 0.25) is 9.47 Å². The lowest BCUT2D eigenvalue weighted by Gasteiger charge is -2.18. The second-order valence-electron chi connectivity index (χ2n) is 6.89. The summed E-state index contributed by atoms with van der Waals surface area (Å²) in [5, 5.41) is 10.2. The Bertz CT molecular complexity index is 1210. The van der Waals surface area contributed by atoms with Crippen molar-refractivity contribution in [3.8, 4) is 11.5 Å². The molecule has 170 valence electrons. The molecular formula is C21H24N4O5S2. The molecule has 9 nitrogen and oxygen atoms in total. The van der Waals surface area contributed by atoms with Crippen molar-refractivity contribution in [2.75, 3.05) is 19.5 Å². The number of carbonyl (C=O) groups is 1. The van der Waals surface area contributed by atoms with E-state index in [0.717, 1.165) is 16.9 Å².